The van der Waals surface area contributed by atoms with Crippen LogP contribution in [0.2, 0.25) is 0 Å². The topological polar surface area (TPSA) is 40.6 Å². The maximum atomic E-state index is 12.5. The summed E-state index contributed by atoms with van der Waals surface area (Å²) in [5.41, 5.74) is -0.605. The van der Waals surface area contributed by atoms with Gasteiger partial charge in [0.15, 0.2) is 0 Å². The number of likely N-dealkylation sites (tertiary alicyclic amines) is 2. The predicted octanol–water partition coefficient (Wildman–Crippen LogP) is 2.82. The van der Waals surface area contributed by atoms with Crippen molar-refractivity contribution in [1.82, 2.24) is 9.80 Å². The van der Waals surface area contributed by atoms with Crippen molar-refractivity contribution in [3.63, 3.8) is 0 Å². The van der Waals surface area contributed by atoms with E-state index in [9.17, 15) is 9.59 Å². The zero-order valence-corrected chi connectivity index (χ0v) is 14.6. The van der Waals surface area contributed by atoms with Crippen molar-refractivity contribution in [2.45, 2.75) is 49.8 Å². The normalized spacial score (nSPS) is 32.2. The van der Waals surface area contributed by atoms with E-state index < -0.39 is 9.75 Å². The second kappa shape index (κ2) is 5.86. The minimum Gasteiger partial charge on any atom is -0.342 e. The maximum absolute atomic E-state index is 12.5. The van der Waals surface area contributed by atoms with Gasteiger partial charge in [0.2, 0.25) is 11.8 Å². The van der Waals surface area contributed by atoms with E-state index in [4.69, 9.17) is 23.2 Å². The molecule has 0 bridgehead atoms. The molecule has 2 amide bonds. The molecule has 6 heteroatoms. The molecule has 22 heavy (non-hydrogen) atoms. The highest BCUT2D eigenvalue weighted by molar-refractivity contribution is 6.53. The third-order valence-electron chi connectivity index (χ3n) is 5.53. The van der Waals surface area contributed by atoms with Crippen LogP contribution in [-0.2, 0) is 9.59 Å². The first-order chi connectivity index (χ1) is 10.3. The first-order valence-electron chi connectivity index (χ1n) is 8.28. The van der Waals surface area contributed by atoms with Crippen molar-refractivity contribution in [1.29, 1.82) is 0 Å². The lowest BCUT2D eigenvalue weighted by Gasteiger charge is -2.37. The van der Waals surface area contributed by atoms with E-state index in [1.54, 1.807) is 0 Å². The van der Waals surface area contributed by atoms with Crippen LogP contribution in [0, 0.1) is 11.3 Å². The number of hydrogen-bond acceptors (Lipinski definition) is 2. The Morgan fingerprint density at radius 2 is 1.86 bits per heavy atom. The van der Waals surface area contributed by atoms with Gasteiger partial charge < -0.3 is 9.80 Å². The molecule has 1 saturated carbocycles. The molecule has 0 aromatic heterocycles. The van der Waals surface area contributed by atoms with E-state index in [1.165, 1.54) is 0 Å². The Kier molecular flexibility index (Phi) is 4.36. The van der Waals surface area contributed by atoms with Crippen molar-refractivity contribution >= 4 is 35.0 Å². The number of rotatable bonds is 3. The first-order valence-corrected chi connectivity index (χ1v) is 9.04. The van der Waals surface area contributed by atoms with E-state index in [-0.39, 0.29) is 5.91 Å². The molecule has 0 spiro atoms. The quantitative estimate of drug-likeness (QED) is 0.737. The zero-order valence-electron chi connectivity index (χ0n) is 13.1. The van der Waals surface area contributed by atoms with Crippen LogP contribution in [0.1, 0.15) is 45.4 Å². The SMILES string of the molecule is C[C@@]1(C(=O)N2CCC(CN3CCCCC3=O)CC2)CC1(Cl)Cl. The molecular weight excluding hydrogens is 323 g/mol. The van der Waals surface area contributed by atoms with Crippen molar-refractivity contribution in [3.05, 3.63) is 0 Å². The summed E-state index contributed by atoms with van der Waals surface area (Å²) in [7, 11) is 0. The summed E-state index contributed by atoms with van der Waals surface area (Å²) < 4.78 is -0.888. The van der Waals surface area contributed by atoms with Crippen LogP contribution in [0.15, 0.2) is 0 Å². The van der Waals surface area contributed by atoms with Crippen LogP contribution in [0.25, 0.3) is 0 Å². The molecule has 1 aliphatic carbocycles. The fourth-order valence-corrected chi connectivity index (χ4v) is 4.36. The van der Waals surface area contributed by atoms with Crippen LogP contribution in [0.5, 0.6) is 0 Å². The molecule has 0 aromatic carbocycles. The van der Waals surface area contributed by atoms with Crippen LogP contribution in [0.3, 0.4) is 0 Å². The van der Waals surface area contributed by atoms with Gasteiger partial charge in [0, 0.05) is 32.6 Å². The third-order valence-corrected chi connectivity index (χ3v) is 6.63. The number of amides is 2. The summed E-state index contributed by atoms with van der Waals surface area (Å²) in [5, 5.41) is 0. The number of carbonyl (C=O) groups is 2. The van der Waals surface area contributed by atoms with Crippen LogP contribution in [0.4, 0.5) is 0 Å². The Bertz CT molecular complexity index is 475. The Balaban J connectivity index is 1.48. The number of alkyl halides is 2. The highest BCUT2D eigenvalue weighted by atomic mass is 35.5. The van der Waals surface area contributed by atoms with E-state index >= 15 is 0 Å². The van der Waals surface area contributed by atoms with Gasteiger partial charge in [-0.1, -0.05) is 0 Å². The highest BCUT2D eigenvalue weighted by Gasteiger charge is 2.68. The fraction of sp³-hybridized carbons (Fsp3) is 0.875. The van der Waals surface area contributed by atoms with E-state index in [0.717, 1.165) is 51.9 Å². The molecule has 3 aliphatic rings. The molecule has 0 unspecified atom stereocenters. The molecule has 0 N–H and O–H groups in total. The Morgan fingerprint density at radius 3 is 2.41 bits per heavy atom. The Labute approximate surface area is 142 Å². The Hall–Kier alpha value is -0.480. The standard InChI is InChI=1S/C16H24Cl2N2O2/c1-15(11-16(15,17)18)14(22)19-8-5-12(6-9-19)10-20-7-3-2-4-13(20)21/h12H,2-11H2,1H3/t15-/m0/s1. The molecule has 3 fully saturated rings. The monoisotopic (exact) mass is 346 g/mol. The number of piperidine rings is 2. The summed E-state index contributed by atoms with van der Waals surface area (Å²) in [6.45, 7) is 5.12. The minimum absolute atomic E-state index is 0.0880. The summed E-state index contributed by atoms with van der Waals surface area (Å²) in [5.74, 6) is 0.893. The van der Waals surface area contributed by atoms with E-state index in [2.05, 4.69) is 0 Å². The number of halogens is 2. The maximum Gasteiger partial charge on any atom is 0.231 e. The second-order valence-electron chi connectivity index (χ2n) is 7.25. The average molecular weight is 347 g/mol. The van der Waals surface area contributed by atoms with Crippen molar-refractivity contribution in [3.8, 4) is 0 Å². The van der Waals surface area contributed by atoms with Gasteiger partial charge >= 0.3 is 0 Å². The largest absolute Gasteiger partial charge is 0.342 e. The molecule has 0 aromatic rings. The third kappa shape index (κ3) is 2.96. The van der Waals surface area contributed by atoms with Crippen LogP contribution < -0.4 is 0 Å². The van der Waals surface area contributed by atoms with Gasteiger partial charge in [0.25, 0.3) is 0 Å². The van der Waals surface area contributed by atoms with Crippen LogP contribution in [-0.4, -0.2) is 52.1 Å². The fourth-order valence-electron chi connectivity index (χ4n) is 3.67. The summed E-state index contributed by atoms with van der Waals surface area (Å²) in [6.07, 6.45) is 5.31. The molecule has 0 radical (unpaired) electrons. The van der Waals surface area contributed by atoms with Crippen molar-refractivity contribution in [2.24, 2.45) is 11.3 Å². The minimum atomic E-state index is -0.888. The predicted molar refractivity (Wildman–Crippen MR) is 86.9 cm³/mol. The van der Waals surface area contributed by atoms with Crippen molar-refractivity contribution in [2.75, 3.05) is 26.2 Å². The lowest BCUT2D eigenvalue weighted by molar-refractivity contribution is -0.139. The van der Waals surface area contributed by atoms with Crippen molar-refractivity contribution < 1.29 is 9.59 Å². The summed E-state index contributed by atoms with van der Waals surface area (Å²) >= 11 is 12.2. The lowest BCUT2D eigenvalue weighted by atomic mass is 9.94. The molecule has 3 rings (SSSR count). The smallest absolute Gasteiger partial charge is 0.231 e. The van der Waals surface area contributed by atoms with Gasteiger partial charge in [-0.05, 0) is 44.9 Å². The molecule has 124 valence electrons. The molecule has 2 saturated heterocycles. The Morgan fingerprint density at radius 1 is 1.23 bits per heavy atom. The lowest BCUT2D eigenvalue weighted by Crippen LogP contribution is -2.46. The number of nitrogens with zero attached hydrogens (tertiary/aromatic N) is 2. The molecule has 1 atom stereocenters. The highest BCUT2D eigenvalue weighted by Crippen LogP contribution is 2.64. The second-order valence-corrected chi connectivity index (χ2v) is 8.73. The summed E-state index contributed by atoms with van der Waals surface area (Å²) in [6, 6.07) is 0. The molecule has 4 nitrogen and oxygen atoms in total. The number of hydrogen-bond donors (Lipinski definition) is 0. The van der Waals surface area contributed by atoms with Gasteiger partial charge in [-0.3, -0.25) is 9.59 Å². The summed E-state index contributed by atoms with van der Waals surface area (Å²) in [4.78, 5) is 28.3. The van der Waals surface area contributed by atoms with E-state index in [1.807, 2.05) is 16.7 Å². The van der Waals surface area contributed by atoms with Gasteiger partial charge in [-0.15, -0.1) is 23.2 Å². The van der Waals surface area contributed by atoms with Gasteiger partial charge in [0.1, 0.15) is 4.33 Å². The van der Waals surface area contributed by atoms with Gasteiger partial charge in [-0.2, -0.15) is 0 Å². The van der Waals surface area contributed by atoms with Crippen LogP contribution >= 0.6 is 23.2 Å². The molecule has 2 aliphatic heterocycles. The molecule has 2 heterocycles. The first kappa shape index (κ1) is 16.4. The average Bonchev–Trinajstić information content (AvgIpc) is 3.01. The zero-order chi connectivity index (χ0) is 16.0. The number of carbonyl (C=O) groups excluding carboxylic acids is 2. The molecular formula is C16H24Cl2N2O2. The van der Waals surface area contributed by atoms with Gasteiger partial charge in [-0.25, -0.2) is 0 Å². The van der Waals surface area contributed by atoms with E-state index in [0.29, 0.717) is 24.7 Å². The van der Waals surface area contributed by atoms with Gasteiger partial charge in [0.05, 0.1) is 5.41 Å².